The number of fused-ring (bicyclic) bond motifs is 1. The molecule has 0 bridgehead atoms. The lowest BCUT2D eigenvalue weighted by atomic mass is 10.1. The Morgan fingerprint density at radius 2 is 1.96 bits per heavy atom. The van der Waals surface area contributed by atoms with Gasteiger partial charge < -0.3 is 15.2 Å². The van der Waals surface area contributed by atoms with Crippen molar-refractivity contribution in [1.29, 1.82) is 0 Å². The van der Waals surface area contributed by atoms with Gasteiger partial charge in [-0.1, -0.05) is 23.2 Å². The molecule has 2 amide bonds. The van der Waals surface area contributed by atoms with Crippen LogP contribution in [-0.4, -0.2) is 36.0 Å². The highest BCUT2D eigenvalue weighted by molar-refractivity contribution is 6.35. The standard InChI is InChI=1S/C17H12Cl2N2O5/c18-10-2-3-11(19)12(6-10)20-15(22)7-21-13-5-9(17(24)25)1-4-14(13)26-8-16(21)23/h1-6H,7-8H2,(H,20,22)(H,24,25). The van der Waals surface area contributed by atoms with E-state index in [9.17, 15) is 14.4 Å². The summed E-state index contributed by atoms with van der Waals surface area (Å²) >= 11 is 11.9. The molecule has 2 aromatic rings. The number of carboxylic acids is 1. The van der Waals surface area contributed by atoms with Crippen LogP contribution in [0.4, 0.5) is 11.4 Å². The molecule has 9 heteroatoms. The normalized spacial score (nSPS) is 13.0. The third-order valence-corrected chi connectivity index (χ3v) is 4.22. The van der Waals surface area contributed by atoms with Crippen LogP contribution in [-0.2, 0) is 9.59 Å². The maximum Gasteiger partial charge on any atom is 0.335 e. The minimum atomic E-state index is -1.15. The van der Waals surface area contributed by atoms with Crippen molar-refractivity contribution in [3.63, 3.8) is 0 Å². The van der Waals surface area contributed by atoms with Crippen molar-refractivity contribution in [2.24, 2.45) is 0 Å². The summed E-state index contributed by atoms with van der Waals surface area (Å²) in [4.78, 5) is 36.9. The summed E-state index contributed by atoms with van der Waals surface area (Å²) in [6, 6.07) is 8.70. The van der Waals surface area contributed by atoms with Crippen LogP contribution in [0.3, 0.4) is 0 Å². The fourth-order valence-electron chi connectivity index (χ4n) is 2.44. The van der Waals surface area contributed by atoms with Crippen LogP contribution in [0.25, 0.3) is 0 Å². The van der Waals surface area contributed by atoms with E-state index < -0.39 is 17.8 Å². The largest absolute Gasteiger partial charge is 0.482 e. The second-order valence-corrected chi connectivity index (χ2v) is 6.27. The highest BCUT2D eigenvalue weighted by atomic mass is 35.5. The minimum absolute atomic E-state index is 0.0228. The van der Waals surface area contributed by atoms with Crippen LogP contribution >= 0.6 is 23.2 Å². The van der Waals surface area contributed by atoms with Gasteiger partial charge in [-0.15, -0.1) is 0 Å². The van der Waals surface area contributed by atoms with Crippen LogP contribution in [0.5, 0.6) is 5.75 Å². The molecule has 3 rings (SSSR count). The number of ether oxygens (including phenoxy) is 1. The summed E-state index contributed by atoms with van der Waals surface area (Å²) in [6.45, 7) is -0.578. The van der Waals surface area contributed by atoms with Gasteiger partial charge in [0.25, 0.3) is 5.91 Å². The number of benzene rings is 2. The van der Waals surface area contributed by atoms with Crippen LogP contribution in [0, 0.1) is 0 Å². The molecule has 0 radical (unpaired) electrons. The summed E-state index contributed by atoms with van der Waals surface area (Å²) in [5, 5.41) is 12.4. The van der Waals surface area contributed by atoms with Gasteiger partial charge in [-0.05, 0) is 36.4 Å². The highest BCUT2D eigenvalue weighted by Crippen LogP contribution is 2.33. The number of aromatic carboxylic acids is 1. The molecule has 0 unspecified atom stereocenters. The number of rotatable bonds is 4. The lowest BCUT2D eigenvalue weighted by Gasteiger charge is -2.29. The van der Waals surface area contributed by atoms with E-state index in [0.717, 1.165) is 0 Å². The number of hydrogen-bond donors (Lipinski definition) is 2. The number of carboxylic acid groups (broad SMARTS) is 1. The Morgan fingerprint density at radius 3 is 2.69 bits per heavy atom. The topological polar surface area (TPSA) is 95.9 Å². The minimum Gasteiger partial charge on any atom is -0.482 e. The van der Waals surface area contributed by atoms with Crippen LogP contribution in [0.2, 0.25) is 10.0 Å². The fourth-order valence-corrected chi connectivity index (χ4v) is 2.77. The maximum atomic E-state index is 12.4. The predicted molar refractivity (Wildman–Crippen MR) is 96.3 cm³/mol. The Morgan fingerprint density at radius 1 is 1.19 bits per heavy atom. The molecular weight excluding hydrogens is 383 g/mol. The molecule has 26 heavy (non-hydrogen) atoms. The Bertz CT molecular complexity index is 916. The fraction of sp³-hybridized carbons (Fsp3) is 0.118. The van der Waals surface area contributed by atoms with Gasteiger partial charge in [0.15, 0.2) is 6.61 Å². The molecule has 1 heterocycles. The van der Waals surface area contributed by atoms with Crippen molar-refractivity contribution in [2.75, 3.05) is 23.4 Å². The highest BCUT2D eigenvalue weighted by Gasteiger charge is 2.28. The number of carbonyl (C=O) groups is 3. The molecule has 0 saturated heterocycles. The van der Waals surface area contributed by atoms with E-state index in [1.54, 1.807) is 6.07 Å². The van der Waals surface area contributed by atoms with Gasteiger partial charge in [0.1, 0.15) is 12.3 Å². The van der Waals surface area contributed by atoms with Crippen molar-refractivity contribution < 1.29 is 24.2 Å². The first-order chi connectivity index (χ1) is 12.3. The van der Waals surface area contributed by atoms with Gasteiger partial charge in [-0.25, -0.2) is 4.79 Å². The summed E-state index contributed by atoms with van der Waals surface area (Å²) in [7, 11) is 0. The predicted octanol–water partition coefficient (Wildman–Crippen LogP) is 3.06. The Labute approximate surface area is 158 Å². The molecule has 7 nitrogen and oxygen atoms in total. The first-order valence-corrected chi connectivity index (χ1v) is 8.16. The number of nitrogens with zero attached hydrogens (tertiary/aromatic N) is 1. The lowest BCUT2D eigenvalue weighted by Crippen LogP contribution is -2.43. The molecular formula is C17H12Cl2N2O5. The van der Waals surface area contributed by atoms with Crippen molar-refractivity contribution in [1.82, 2.24) is 0 Å². The van der Waals surface area contributed by atoms with Gasteiger partial charge in [0.05, 0.1) is 22.0 Å². The second-order valence-electron chi connectivity index (χ2n) is 5.43. The SMILES string of the molecule is O=C(CN1C(=O)COc2ccc(C(=O)O)cc21)Nc1cc(Cl)ccc1Cl. The van der Waals surface area contributed by atoms with E-state index in [-0.39, 0.29) is 24.4 Å². The smallest absolute Gasteiger partial charge is 0.335 e. The van der Waals surface area contributed by atoms with E-state index in [1.807, 2.05) is 0 Å². The van der Waals surface area contributed by atoms with Crippen molar-refractivity contribution in [3.05, 3.63) is 52.0 Å². The van der Waals surface area contributed by atoms with Gasteiger partial charge in [0, 0.05) is 5.02 Å². The molecule has 2 aromatic carbocycles. The van der Waals surface area contributed by atoms with Crippen molar-refractivity contribution >= 4 is 52.4 Å². The van der Waals surface area contributed by atoms with Crippen LogP contribution in [0.1, 0.15) is 10.4 Å². The summed E-state index contributed by atoms with van der Waals surface area (Å²) in [6.07, 6.45) is 0. The molecule has 0 saturated carbocycles. The number of hydrogen-bond acceptors (Lipinski definition) is 4. The first kappa shape index (κ1) is 18.0. The average Bonchev–Trinajstić information content (AvgIpc) is 2.60. The molecule has 2 N–H and O–H groups in total. The Kier molecular flexibility index (Phi) is 5.01. The molecule has 0 spiro atoms. The molecule has 1 aliphatic rings. The zero-order chi connectivity index (χ0) is 18.8. The molecule has 0 atom stereocenters. The van der Waals surface area contributed by atoms with Gasteiger partial charge >= 0.3 is 5.97 Å². The van der Waals surface area contributed by atoms with Gasteiger partial charge in [0.2, 0.25) is 5.91 Å². The van der Waals surface area contributed by atoms with Crippen LogP contribution in [0.15, 0.2) is 36.4 Å². The number of carbonyl (C=O) groups excluding carboxylic acids is 2. The summed E-state index contributed by atoms with van der Waals surface area (Å²) in [5.41, 5.74) is 0.503. The molecule has 1 aliphatic heterocycles. The lowest BCUT2D eigenvalue weighted by molar-refractivity contribution is -0.123. The van der Waals surface area contributed by atoms with E-state index in [0.29, 0.717) is 21.5 Å². The average molecular weight is 395 g/mol. The zero-order valence-electron chi connectivity index (χ0n) is 13.2. The zero-order valence-corrected chi connectivity index (χ0v) is 14.7. The van der Waals surface area contributed by atoms with Crippen LogP contribution < -0.4 is 15.0 Å². The molecule has 0 fully saturated rings. The number of anilines is 2. The third-order valence-electron chi connectivity index (χ3n) is 3.65. The van der Waals surface area contributed by atoms with E-state index in [4.69, 9.17) is 33.0 Å². The van der Waals surface area contributed by atoms with E-state index in [1.165, 1.54) is 35.2 Å². The second kappa shape index (κ2) is 7.23. The number of nitrogens with one attached hydrogen (secondary N) is 1. The molecule has 134 valence electrons. The Balaban J connectivity index is 1.84. The summed E-state index contributed by atoms with van der Waals surface area (Å²) < 4.78 is 5.28. The molecule has 0 aromatic heterocycles. The summed E-state index contributed by atoms with van der Waals surface area (Å²) in [5.74, 6) is -1.81. The van der Waals surface area contributed by atoms with Gasteiger partial charge in [-0.2, -0.15) is 0 Å². The third kappa shape index (κ3) is 3.74. The quantitative estimate of drug-likeness (QED) is 0.830. The van der Waals surface area contributed by atoms with Crippen molar-refractivity contribution in [3.8, 4) is 5.75 Å². The number of halogens is 2. The van der Waals surface area contributed by atoms with Crippen molar-refractivity contribution in [2.45, 2.75) is 0 Å². The Hall–Kier alpha value is -2.77. The monoisotopic (exact) mass is 394 g/mol. The van der Waals surface area contributed by atoms with E-state index in [2.05, 4.69) is 5.32 Å². The first-order valence-electron chi connectivity index (χ1n) is 7.40. The number of amides is 2. The maximum absolute atomic E-state index is 12.4. The van der Waals surface area contributed by atoms with E-state index >= 15 is 0 Å². The molecule has 0 aliphatic carbocycles. The van der Waals surface area contributed by atoms with Gasteiger partial charge in [-0.3, -0.25) is 14.5 Å².